The maximum Gasteiger partial charge on any atom is 0.341 e. The molecule has 0 aliphatic rings. The summed E-state index contributed by atoms with van der Waals surface area (Å²) >= 11 is 0. The molecule has 1 rings (SSSR count). The third-order valence-corrected chi connectivity index (χ3v) is 1.51. The molecule has 0 bridgehead atoms. The monoisotopic (exact) mass is 188 g/mol. The van der Waals surface area contributed by atoms with E-state index in [1.54, 1.807) is 30.3 Å². The molecule has 0 unspecified atom stereocenters. The maximum atomic E-state index is 11.2. The minimum atomic E-state index is -0.464. The summed E-state index contributed by atoms with van der Waals surface area (Å²) in [5, 5.41) is 4.20. The van der Waals surface area contributed by atoms with Crippen molar-refractivity contribution in [1.82, 2.24) is 0 Å². The molecule has 0 N–H and O–H groups in total. The maximum absolute atomic E-state index is 11.2. The van der Waals surface area contributed by atoms with E-state index in [-0.39, 0.29) is 0 Å². The van der Waals surface area contributed by atoms with E-state index in [4.69, 9.17) is 5.53 Å². The lowest BCUT2D eigenvalue weighted by Gasteiger charge is -2.07. The normalized spacial score (nSPS) is 8.57. The number of carbonyl (C=O) groups excluding carboxylic acids is 1. The van der Waals surface area contributed by atoms with E-state index >= 15 is 0 Å². The largest absolute Gasteiger partial charge is 0.341 e. The molecule has 0 spiro atoms. The van der Waals surface area contributed by atoms with E-state index in [0.717, 1.165) is 11.1 Å². The number of nitrogens with zero attached hydrogens (tertiary/aromatic N) is 4. The fourth-order valence-electron chi connectivity index (χ4n) is 0.919. The number of anilines is 1. The summed E-state index contributed by atoms with van der Waals surface area (Å²) in [6.07, 6.45) is 1.08. The Bertz CT molecular complexity index is 381. The molecule has 5 nitrogen and oxygen atoms in total. The Morgan fingerprint density at radius 1 is 1.50 bits per heavy atom. The predicted molar refractivity (Wildman–Crippen MR) is 53.3 cm³/mol. The first-order valence-electron chi connectivity index (χ1n) is 3.86. The minimum absolute atomic E-state index is 0.464. The van der Waals surface area contributed by atoms with Crippen molar-refractivity contribution < 1.29 is 4.79 Å². The summed E-state index contributed by atoms with van der Waals surface area (Å²) in [6.45, 7) is 3.31. The number of hydrogen-bond acceptors (Lipinski definition) is 2. The molecule has 0 aliphatic carbocycles. The van der Waals surface area contributed by atoms with Gasteiger partial charge in [0.15, 0.2) is 0 Å². The zero-order valence-electron chi connectivity index (χ0n) is 7.37. The van der Waals surface area contributed by atoms with Crippen LogP contribution in [0.15, 0.2) is 48.2 Å². The minimum Gasteiger partial charge on any atom is -0.241 e. The number of benzene rings is 1. The second-order valence-electron chi connectivity index (χ2n) is 2.37. The Balaban J connectivity index is 3.06. The van der Waals surface area contributed by atoms with Crippen LogP contribution in [0.2, 0.25) is 0 Å². The van der Waals surface area contributed by atoms with E-state index in [1.807, 2.05) is 0 Å². The van der Waals surface area contributed by atoms with E-state index in [0.29, 0.717) is 5.69 Å². The van der Waals surface area contributed by atoms with Crippen LogP contribution in [0, 0.1) is 0 Å². The van der Waals surface area contributed by atoms with Crippen molar-refractivity contribution in [2.45, 2.75) is 0 Å². The Kier molecular flexibility index (Phi) is 3.29. The van der Waals surface area contributed by atoms with Gasteiger partial charge in [0.25, 0.3) is 0 Å². The van der Waals surface area contributed by atoms with Gasteiger partial charge in [0.05, 0.1) is 0 Å². The predicted octanol–water partition coefficient (Wildman–Crippen LogP) is 2.43. The van der Waals surface area contributed by atoms with Crippen molar-refractivity contribution in [3.63, 3.8) is 0 Å². The molecule has 0 radical (unpaired) electrons. The van der Waals surface area contributed by atoms with Gasteiger partial charge in [-0.15, -0.1) is 10.5 Å². The van der Waals surface area contributed by atoms with Crippen LogP contribution in [0.1, 0.15) is 0 Å². The highest BCUT2D eigenvalue weighted by molar-refractivity contribution is 6.00. The first kappa shape index (κ1) is 9.83. The van der Waals surface area contributed by atoms with Crippen LogP contribution in [-0.4, -0.2) is 5.91 Å². The first-order chi connectivity index (χ1) is 6.79. The molecular weight excluding hydrogens is 180 g/mol. The fraction of sp³-hybridized carbons (Fsp3) is 0. The second kappa shape index (κ2) is 4.69. The second-order valence-corrected chi connectivity index (χ2v) is 2.37. The quantitative estimate of drug-likeness (QED) is 0.236. The molecule has 5 heteroatoms. The molecule has 0 fully saturated rings. The summed E-state index contributed by atoms with van der Waals surface area (Å²) in [4.78, 5) is 13.8. The smallest absolute Gasteiger partial charge is 0.241 e. The third-order valence-electron chi connectivity index (χ3n) is 1.51. The molecular formula is C9H8N4O. The van der Waals surface area contributed by atoms with Gasteiger partial charge >= 0.3 is 5.91 Å². The number of hydrogen-bond donors (Lipinski definition) is 0. The number of para-hydroxylation sites is 1. The van der Waals surface area contributed by atoms with Crippen LogP contribution in [0.5, 0.6) is 0 Å². The molecule has 0 aliphatic heterocycles. The summed E-state index contributed by atoms with van der Waals surface area (Å²) < 4.78 is 0. The Morgan fingerprint density at radius 2 is 2.14 bits per heavy atom. The fourth-order valence-corrected chi connectivity index (χ4v) is 0.919. The van der Waals surface area contributed by atoms with E-state index in [9.17, 15) is 4.79 Å². The molecule has 0 heterocycles. The summed E-state index contributed by atoms with van der Waals surface area (Å²) in [7, 11) is 0. The van der Waals surface area contributed by atoms with Crippen LogP contribution < -0.4 is 5.01 Å². The Labute approximate surface area is 80.9 Å². The van der Waals surface area contributed by atoms with Gasteiger partial charge in [0.1, 0.15) is 5.69 Å². The van der Waals surface area contributed by atoms with E-state index < -0.39 is 5.91 Å². The lowest BCUT2D eigenvalue weighted by atomic mass is 10.3. The highest BCUT2D eigenvalue weighted by Crippen LogP contribution is 2.13. The van der Waals surface area contributed by atoms with Crippen molar-refractivity contribution in [2.75, 3.05) is 5.01 Å². The molecule has 14 heavy (non-hydrogen) atoms. The molecule has 0 saturated carbocycles. The molecule has 0 saturated heterocycles. The average molecular weight is 188 g/mol. The van der Waals surface area contributed by atoms with Crippen molar-refractivity contribution >= 4 is 11.6 Å². The highest BCUT2D eigenvalue weighted by Gasteiger charge is 2.14. The van der Waals surface area contributed by atoms with Gasteiger partial charge in [-0.3, -0.25) is 0 Å². The van der Waals surface area contributed by atoms with E-state index in [2.05, 4.69) is 16.7 Å². The molecule has 0 atom stereocenters. The van der Waals surface area contributed by atoms with Gasteiger partial charge in [0, 0.05) is 6.08 Å². The molecule has 1 aromatic rings. The van der Waals surface area contributed by atoms with Gasteiger partial charge in [-0.2, -0.15) is 4.91 Å². The van der Waals surface area contributed by atoms with Crippen LogP contribution in [-0.2, 0) is 4.79 Å². The van der Waals surface area contributed by atoms with E-state index in [1.165, 1.54) is 0 Å². The summed E-state index contributed by atoms with van der Waals surface area (Å²) in [6, 6.07) is 8.61. The van der Waals surface area contributed by atoms with Crippen molar-refractivity contribution in [3.8, 4) is 0 Å². The lowest BCUT2D eigenvalue weighted by molar-refractivity contribution is -0.114. The standard InChI is InChI=1S/C9H8N4O/c1-2-9(14)13(12-11-10)8-6-4-3-5-7-8/h2-7H,1H2. The topological polar surface area (TPSA) is 69.1 Å². The molecule has 1 aromatic carbocycles. The van der Waals surface area contributed by atoms with Gasteiger partial charge in [-0.05, 0) is 17.4 Å². The Morgan fingerprint density at radius 3 is 2.64 bits per heavy atom. The lowest BCUT2D eigenvalue weighted by Crippen LogP contribution is -2.21. The average Bonchev–Trinajstić information content (AvgIpc) is 2.26. The third kappa shape index (κ3) is 2.12. The Hall–Kier alpha value is -2.26. The molecule has 70 valence electrons. The van der Waals surface area contributed by atoms with Crippen molar-refractivity contribution in [2.24, 2.45) is 5.22 Å². The number of rotatable bonds is 3. The van der Waals surface area contributed by atoms with Crippen molar-refractivity contribution in [1.29, 1.82) is 0 Å². The highest BCUT2D eigenvalue weighted by atomic mass is 16.2. The number of carbonyl (C=O) groups is 1. The van der Waals surface area contributed by atoms with Crippen LogP contribution in [0.3, 0.4) is 0 Å². The zero-order valence-corrected chi connectivity index (χ0v) is 7.37. The van der Waals surface area contributed by atoms with Gasteiger partial charge in [0.2, 0.25) is 0 Å². The zero-order chi connectivity index (χ0) is 10.4. The van der Waals surface area contributed by atoms with Gasteiger partial charge in [-0.1, -0.05) is 24.8 Å². The van der Waals surface area contributed by atoms with Crippen LogP contribution in [0.4, 0.5) is 5.69 Å². The van der Waals surface area contributed by atoms with Gasteiger partial charge < -0.3 is 0 Å². The summed E-state index contributed by atoms with van der Waals surface area (Å²) in [5.74, 6) is -0.464. The SMILES string of the molecule is C=CC(=O)N(N=[N+]=[N-])c1ccccc1. The number of amides is 1. The van der Waals surface area contributed by atoms with Gasteiger partial charge in [-0.25, -0.2) is 4.79 Å². The summed E-state index contributed by atoms with van der Waals surface area (Å²) in [5.41, 5.74) is 8.78. The van der Waals surface area contributed by atoms with Crippen LogP contribution in [0.25, 0.3) is 10.4 Å². The molecule has 1 amide bonds. The van der Waals surface area contributed by atoms with Crippen LogP contribution >= 0.6 is 0 Å². The number of azide groups is 1. The van der Waals surface area contributed by atoms with Crippen molar-refractivity contribution in [3.05, 3.63) is 53.4 Å². The first-order valence-corrected chi connectivity index (χ1v) is 3.86. The molecule has 0 aromatic heterocycles.